The van der Waals surface area contributed by atoms with Gasteiger partial charge in [-0.1, -0.05) is 25.0 Å². The topological polar surface area (TPSA) is 64.1 Å². The Morgan fingerprint density at radius 2 is 2.10 bits per heavy atom. The number of nitrogens with one attached hydrogen (secondary N) is 2. The summed E-state index contributed by atoms with van der Waals surface area (Å²) in [5, 5.41) is 7.27. The second-order valence-electron chi connectivity index (χ2n) is 8.68. The molecule has 0 aromatic heterocycles. The van der Waals surface area contributed by atoms with E-state index in [0.29, 0.717) is 43.2 Å². The van der Waals surface area contributed by atoms with E-state index in [2.05, 4.69) is 40.7 Å². The second-order valence-corrected chi connectivity index (χ2v) is 8.68. The summed E-state index contributed by atoms with van der Waals surface area (Å²) in [7, 11) is 3.54. The molecular weight excluding hydrogens is 366 g/mol. The van der Waals surface area contributed by atoms with Gasteiger partial charge < -0.3 is 24.8 Å². The third kappa shape index (κ3) is 3.97. The highest BCUT2D eigenvalue weighted by Crippen LogP contribution is 2.60. The van der Waals surface area contributed by atoms with Crippen LogP contribution in [-0.2, 0) is 16.0 Å². The fraction of sp³-hybridized carbons (Fsp3) is 0.696. The van der Waals surface area contributed by atoms with Gasteiger partial charge in [-0.25, -0.2) is 0 Å². The molecular formula is C23H35N3O3. The molecule has 4 rings (SSSR count). The molecule has 6 nitrogen and oxygen atoms in total. The van der Waals surface area contributed by atoms with Crippen LogP contribution in [0.1, 0.15) is 43.2 Å². The SMILES string of the molecule is CN=C(NCc1ccc(C)cc1OCCOC)NC1C2CCOC2C12CCCC2. The van der Waals surface area contributed by atoms with Crippen LogP contribution in [0.15, 0.2) is 23.2 Å². The number of fused-ring (bicyclic) bond motifs is 2. The number of aliphatic imine (C=N–C) groups is 1. The predicted octanol–water partition coefficient (Wildman–Crippen LogP) is 3.03. The molecule has 1 saturated heterocycles. The lowest BCUT2D eigenvalue weighted by Crippen LogP contribution is -2.69. The molecule has 2 N–H and O–H groups in total. The summed E-state index contributed by atoms with van der Waals surface area (Å²) in [4.78, 5) is 4.51. The molecule has 0 bridgehead atoms. The fourth-order valence-corrected chi connectivity index (χ4v) is 5.60. The number of guanidine groups is 1. The smallest absolute Gasteiger partial charge is 0.191 e. The van der Waals surface area contributed by atoms with Gasteiger partial charge in [0.25, 0.3) is 0 Å². The summed E-state index contributed by atoms with van der Waals surface area (Å²) < 4.78 is 17.2. The first-order chi connectivity index (χ1) is 14.2. The molecule has 1 aromatic rings. The summed E-state index contributed by atoms with van der Waals surface area (Å²) in [5.41, 5.74) is 2.63. The van der Waals surface area contributed by atoms with Gasteiger partial charge in [-0.05, 0) is 37.8 Å². The van der Waals surface area contributed by atoms with Crippen LogP contribution in [0.2, 0.25) is 0 Å². The summed E-state index contributed by atoms with van der Waals surface area (Å²) in [6, 6.07) is 6.80. The standard InChI is InChI=1S/C23H35N3O3/c1-16-6-7-17(19(14-16)28-13-12-27-3)15-25-22(24-2)26-20-18-8-11-29-21(18)23(20)9-4-5-10-23/h6-7,14,18,20-21H,4-5,8-13,15H2,1-3H3,(H2,24,25,26). The van der Waals surface area contributed by atoms with Crippen LogP contribution in [0, 0.1) is 18.3 Å². The summed E-state index contributed by atoms with van der Waals surface area (Å²) in [5.74, 6) is 2.40. The first-order valence-electron chi connectivity index (χ1n) is 11.0. The van der Waals surface area contributed by atoms with Gasteiger partial charge >= 0.3 is 0 Å². The van der Waals surface area contributed by atoms with Gasteiger partial charge in [-0.15, -0.1) is 0 Å². The second kappa shape index (κ2) is 8.92. The third-order valence-corrected chi connectivity index (χ3v) is 7.02. The normalized spacial score (nSPS) is 27.6. The highest BCUT2D eigenvalue weighted by Gasteiger charge is 2.65. The van der Waals surface area contributed by atoms with Crippen LogP contribution in [0.4, 0.5) is 0 Å². The molecule has 0 radical (unpaired) electrons. The number of rotatable bonds is 7. The molecule has 3 aliphatic rings. The Kier molecular flexibility index (Phi) is 6.30. The van der Waals surface area contributed by atoms with Crippen LogP contribution < -0.4 is 15.4 Å². The number of benzene rings is 1. The summed E-state index contributed by atoms with van der Waals surface area (Å²) in [6.45, 7) is 4.80. The van der Waals surface area contributed by atoms with E-state index < -0.39 is 0 Å². The van der Waals surface area contributed by atoms with Crippen LogP contribution >= 0.6 is 0 Å². The van der Waals surface area contributed by atoms with Crippen molar-refractivity contribution in [3.05, 3.63) is 29.3 Å². The van der Waals surface area contributed by atoms with Gasteiger partial charge in [-0.3, -0.25) is 4.99 Å². The molecule has 1 aliphatic heterocycles. The lowest BCUT2D eigenvalue weighted by molar-refractivity contribution is -0.125. The molecule has 160 valence electrons. The van der Waals surface area contributed by atoms with E-state index in [1.165, 1.54) is 31.2 Å². The number of methoxy groups -OCH3 is 1. The zero-order chi connectivity index (χ0) is 20.3. The van der Waals surface area contributed by atoms with Crippen molar-refractivity contribution in [2.24, 2.45) is 16.3 Å². The zero-order valence-electron chi connectivity index (χ0n) is 18.0. The van der Waals surface area contributed by atoms with Gasteiger partial charge in [0.1, 0.15) is 12.4 Å². The molecule has 6 heteroatoms. The first kappa shape index (κ1) is 20.5. The minimum atomic E-state index is 0.317. The molecule has 1 aromatic carbocycles. The van der Waals surface area contributed by atoms with E-state index in [4.69, 9.17) is 14.2 Å². The Labute approximate surface area is 174 Å². The van der Waals surface area contributed by atoms with E-state index in [9.17, 15) is 0 Å². The van der Waals surface area contributed by atoms with Crippen LogP contribution in [0.5, 0.6) is 5.75 Å². The quantitative estimate of drug-likeness (QED) is 0.418. The number of aryl methyl sites for hydroxylation is 1. The van der Waals surface area contributed by atoms with E-state index in [1.807, 2.05) is 7.05 Å². The lowest BCUT2D eigenvalue weighted by atomic mass is 9.54. The van der Waals surface area contributed by atoms with Crippen molar-refractivity contribution >= 4 is 5.96 Å². The van der Waals surface area contributed by atoms with E-state index in [0.717, 1.165) is 30.3 Å². The largest absolute Gasteiger partial charge is 0.491 e. The van der Waals surface area contributed by atoms with Gasteiger partial charge in [-0.2, -0.15) is 0 Å². The maximum absolute atomic E-state index is 6.11. The summed E-state index contributed by atoms with van der Waals surface area (Å²) in [6.07, 6.45) is 6.82. The minimum Gasteiger partial charge on any atom is -0.491 e. The highest BCUT2D eigenvalue weighted by atomic mass is 16.5. The monoisotopic (exact) mass is 401 g/mol. The average Bonchev–Trinajstić information content (AvgIpc) is 3.38. The molecule has 2 saturated carbocycles. The number of hydrogen-bond donors (Lipinski definition) is 2. The first-order valence-corrected chi connectivity index (χ1v) is 11.0. The Balaban J connectivity index is 1.39. The van der Waals surface area contributed by atoms with E-state index in [-0.39, 0.29) is 0 Å². The van der Waals surface area contributed by atoms with Crippen molar-refractivity contribution in [1.29, 1.82) is 0 Å². The van der Waals surface area contributed by atoms with Gasteiger partial charge in [0.15, 0.2) is 5.96 Å². The minimum absolute atomic E-state index is 0.317. The molecule has 2 aliphatic carbocycles. The zero-order valence-corrected chi connectivity index (χ0v) is 18.0. The van der Waals surface area contributed by atoms with Crippen molar-refractivity contribution < 1.29 is 14.2 Å². The summed E-state index contributed by atoms with van der Waals surface area (Å²) >= 11 is 0. The average molecular weight is 402 g/mol. The molecule has 1 spiro atoms. The van der Waals surface area contributed by atoms with E-state index in [1.54, 1.807) is 7.11 Å². The maximum Gasteiger partial charge on any atom is 0.191 e. The molecule has 3 fully saturated rings. The Hall–Kier alpha value is -1.79. The Morgan fingerprint density at radius 3 is 2.86 bits per heavy atom. The van der Waals surface area contributed by atoms with Crippen LogP contribution in [0.25, 0.3) is 0 Å². The van der Waals surface area contributed by atoms with Crippen molar-refractivity contribution in [2.45, 2.75) is 57.7 Å². The van der Waals surface area contributed by atoms with E-state index >= 15 is 0 Å². The van der Waals surface area contributed by atoms with Crippen molar-refractivity contribution in [3.63, 3.8) is 0 Å². The van der Waals surface area contributed by atoms with Gasteiger partial charge in [0.2, 0.25) is 0 Å². The molecule has 3 atom stereocenters. The van der Waals surface area contributed by atoms with Gasteiger partial charge in [0, 0.05) is 50.2 Å². The predicted molar refractivity (Wildman–Crippen MR) is 114 cm³/mol. The molecule has 3 unspecified atom stereocenters. The molecule has 1 heterocycles. The van der Waals surface area contributed by atoms with Crippen molar-refractivity contribution in [1.82, 2.24) is 10.6 Å². The maximum atomic E-state index is 6.11. The Morgan fingerprint density at radius 1 is 1.28 bits per heavy atom. The van der Waals surface area contributed by atoms with Crippen LogP contribution in [-0.4, -0.2) is 52.1 Å². The van der Waals surface area contributed by atoms with Crippen LogP contribution in [0.3, 0.4) is 0 Å². The third-order valence-electron chi connectivity index (χ3n) is 7.02. The number of nitrogens with zero attached hydrogens (tertiary/aromatic N) is 1. The molecule has 0 amide bonds. The number of ether oxygens (including phenoxy) is 3. The van der Waals surface area contributed by atoms with Crippen molar-refractivity contribution in [2.75, 3.05) is 34.0 Å². The highest BCUT2D eigenvalue weighted by molar-refractivity contribution is 5.80. The lowest BCUT2D eigenvalue weighted by Gasteiger charge is -2.57. The van der Waals surface area contributed by atoms with Gasteiger partial charge in [0.05, 0.1) is 12.7 Å². The van der Waals surface area contributed by atoms with Crippen molar-refractivity contribution in [3.8, 4) is 5.75 Å². The molecule has 29 heavy (non-hydrogen) atoms. The fourth-order valence-electron chi connectivity index (χ4n) is 5.60. The Bertz CT molecular complexity index is 730. The number of hydrogen-bond acceptors (Lipinski definition) is 4.